The number of carbonyl (C=O) groups is 1. The van der Waals surface area contributed by atoms with Crippen LogP contribution in [0.15, 0.2) is 12.2 Å². The van der Waals surface area contributed by atoms with E-state index in [0.717, 1.165) is 19.3 Å². The second-order valence-electron chi connectivity index (χ2n) is 3.35. The van der Waals surface area contributed by atoms with Crippen LogP contribution in [-0.4, -0.2) is 23.8 Å². The van der Waals surface area contributed by atoms with Crippen molar-refractivity contribution < 1.29 is 9.53 Å². The fourth-order valence-electron chi connectivity index (χ4n) is 1.37. The Morgan fingerprint density at radius 1 is 1.43 bits per heavy atom. The minimum atomic E-state index is -0.350. The minimum Gasteiger partial charge on any atom is -0.460 e. The molecular weight excluding hydrogens is 223 g/mol. The Morgan fingerprint density at radius 3 is 2.64 bits per heavy atom. The van der Waals surface area contributed by atoms with E-state index in [9.17, 15) is 4.79 Å². The molecular formula is C10H14Cl2O2. The molecule has 0 bridgehead atoms. The number of hydrogen-bond acceptors (Lipinski definition) is 2. The second kappa shape index (κ2) is 6.31. The highest BCUT2D eigenvalue weighted by molar-refractivity contribution is 6.21. The molecule has 0 spiro atoms. The summed E-state index contributed by atoms with van der Waals surface area (Å²) in [7, 11) is 0. The molecule has 4 heteroatoms. The van der Waals surface area contributed by atoms with Crippen LogP contribution < -0.4 is 0 Å². The van der Waals surface area contributed by atoms with Crippen LogP contribution in [0.4, 0.5) is 0 Å². The van der Waals surface area contributed by atoms with Gasteiger partial charge in [0.1, 0.15) is 6.10 Å². The molecule has 0 fully saturated rings. The highest BCUT2D eigenvalue weighted by Crippen LogP contribution is 2.20. The van der Waals surface area contributed by atoms with Gasteiger partial charge in [-0.15, -0.1) is 23.2 Å². The SMILES string of the molecule is O=C(OC(CCl)CCl)[C@@H]1CC=CCC1. The van der Waals surface area contributed by atoms with E-state index < -0.39 is 0 Å². The third kappa shape index (κ3) is 3.50. The molecule has 0 aromatic rings. The summed E-state index contributed by atoms with van der Waals surface area (Å²) in [4.78, 5) is 11.6. The van der Waals surface area contributed by atoms with Gasteiger partial charge in [-0.2, -0.15) is 0 Å². The third-order valence-electron chi connectivity index (χ3n) is 2.23. The molecule has 0 aliphatic heterocycles. The highest BCUT2D eigenvalue weighted by atomic mass is 35.5. The fraction of sp³-hybridized carbons (Fsp3) is 0.700. The van der Waals surface area contributed by atoms with Crippen LogP contribution in [0.1, 0.15) is 19.3 Å². The topological polar surface area (TPSA) is 26.3 Å². The van der Waals surface area contributed by atoms with Crippen LogP contribution in [0.25, 0.3) is 0 Å². The quantitative estimate of drug-likeness (QED) is 0.427. The zero-order chi connectivity index (χ0) is 10.4. The molecule has 1 aliphatic carbocycles. The lowest BCUT2D eigenvalue weighted by Crippen LogP contribution is -2.27. The number of hydrogen-bond donors (Lipinski definition) is 0. The van der Waals surface area contributed by atoms with Gasteiger partial charge in [0.15, 0.2) is 0 Å². The largest absolute Gasteiger partial charge is 0.460 e. The van der Waals surface area contributed by atoms with E-state index in [0.29, 0.717) is 0 Å². The molecule has 0 saturated carbocycles. The Hall–Kier alpha value is -0.210. The number of allylic oxidation sites excluding steroid dienone is 2. The summed E-state index contributed by atoms with van der Waals surface area (Å²) in [5.74, 6) is 0.352. The first kappa shape index (κ1) is 11.9. The van der Waals surface area contributed by atoms with Crippen molar-refractivity contribution in [3.05, 3.63) is 12.2 Å². The number of carbonyl (C=O) groups excluding carboxylic acids is 1. The zero-order valence-electron chi connectivity index (χ0n) is 7.92. The fourth-order valence-corrected chi connectivity index (χ4v) is 1.83. The van der Waals surface area contributed by atoms with Gasteiger partial charge in [-0.25, -0.2) is 0 Å². The van der Waals surface area contributed by atoms with Crippen LogP contribution in [0, 0.1) is 5.92 Å². The first-order valence-corrected chi connectivity index (χ1v) is 5.82. The van der Waals surface area contributed by atoms with Crippen molar-refractivity contribution in [3.63, 3.8) is 0 Å². The summed E-state index contributed by atoms with van der Waals surface area (Å²) in [5.41, 5.74) is 0. The van der Waals surface area contributed by atoms with E-state index in [-0.39, 0.29) is 29.8 Å². The Balaban J connectivity index is 2.36. The molecule has 1 rings (SSSR count). The standard InChI is InChI=1S/C10H14Cl2O2/c11-6-9(7-12)14-10(13)8-4-2-1-3-5-8/h1-2,8-9H,3-7H2/t8-/m1/s1. The Kier molecular flexibility index (Phi) is 5.34. The molecule has 14 heavy (non-hydrogen) atoms. The first-order valence-electron chi connectivity index (χ1n) is 4.75. The number of halogens is 2. The van der Waals surface area contributed by atoms with Gasteiger partial charge in [0.2, 0.25) is 0 Å². The Bertz CT molecular complexity index is 212. The summed E-state index contributed by atoms with van der Waals surface area (Å²) in [6.45, 7) is 0. The average Bonchev–Trinajstić information content (AvgIpc) is 2.26. The van der Waals surface area contributed by atoms with Crippen LogP contribution in [-0.2, 0) is 9.53 Å². The van der Waals surface area contributed by atoms with Crippen molar-refractivity contribution >= 4 is 29.2 Å². The average molecular weight is 237 g/mol. The molecule has 1 aliphatic rings. The van der Waals surface area contributed by atoms with Gasteiger partial charge in [0.05, 0.1) is 17.7 Å². The Labute approximate surface area is 94.2 Å². The van der Waals surface area contributed by atoms with Gasteiger partial charge in [-0.3, -0.25) is 4.79 Å². The van der Waals surface area contributed by atoms with Gasteiger partial charge < -0.3 is 4.74 Å². The van der Waals surface area contributed by atoms with E-state index in [4.69, 9.17) is 27.9 Å². The molecule has 0 amide bonds. The van der Waals surface area contributed by atoms with Crippen LogP contribution >= 0.6 is 23.2 Å². The van der Waals surface area contributed by atoms with E-state index in [1.165, 1.54) is 0 Å². The van der Waals surface area contributed by atoms with Crippen LogP contribution in [0.2, 0.25) is 0 Å². The van der Waals surface area contributed by atoms with Gasteiger partial charge in [-0.1, -0.05) is 12.2 Å². The molecule has 2 nitrogen and oxygen atoms in total. The van der Waals surface area contributed by atoms with Crippen molar-refractivity contribution in [2.24, 2.45) is 5.92 Å². The highest BCUT2D eigenvalue weighted by Gasteiger charge is 2.22. The maximum absolute atomic E-state index is 11.6. The lowest BCUT2D eigenvalue weighted by molar-refractivity contribution is -0.152. The normalized spacial score (nSPS) is 21.2. The van der Waals surface area contributed by atoms with Gasteiger partial charge >= 0.3 is 5.97 Å². The van der Waals surface area contributed by atoms with Crippen LogP contribution in [0.5, 0.6) is 0 Å². The maximum atomic E-state index is 11.6. The monoisotopic (exact) mass is 236 g/mol. The molecule has 0 radical (unpaired) electrons. The lowest BCUT2D eigenvalue weighted by atomic mass is 9.95. The number of esters is 1. The molecule has 0 aromatic carbocycles. The van der Waals surface area contributed by atoms with E-state index in [1.807, 2.05) is 6.08 Å². The summed E-state index contributed by atoms with van der Waals surface area (Å²) in [5, 5.41) is 0. The first-order chi connectivity index (χ1) is 6.77. The maximum Gasteiger partial charge on any atom is 0.309 e. The van der Waals surface area contributed by atoms with Gasteiger partial charge in [0, 0.05) is 0 Å². The Morgan fingerprint density at radius 2 is 2.14 bits per heavy atom. The summed E-state index contributed by atoms with van der Waals surface area (Å²) < 4.78 is 5.15. The van der Waals surface area contributed by atoms with E-state index in [1.54, 1.807) is 0 Å². The summed E-state index contributed by atoms with van der Waals surface area (Å²) >= 11 is 11.2. The van der Waals surface area contributed by atoms with Crippen LogP contribution in [0.3, 0.4) is 0 Å². The van der Waals surface area contributed by atoms with Crippen molar-refractivity contribution in [1.82, 2.24) is 0 Å². The van der Waals surface area contributed by atoms with E-state index in [2.05, 4.69) is 6.08 Å². The molecule has 0 heterocycles. The number of rotatable bonds is 4. The van der Waals surface area contributed by atoms with Crippen molar-refractivity contribution in [2.45, 2.75) is 25.4 Å². The van der Waals surface area contributed by atoms with Crippen molar-refractivity contribution in [1.29, 1.82) is 0 Å². The lowest BCUT2D eigenvalue weighted by Gasteiger charge is -2.19. The summed E-state index contributed by atoms with van der Waals surface area (Å²) in [6.07, 6.45) is 6.35. The van der Waals surface area contributed by atoms with E-state index >= 15 is 0 Å². The van der Waals surface area contributed by atoms with Gasteiger partial charge in [-0.05, 0) is 19.3 Å². The van der Waals surface area contributed by atoms with Crippen molar-refractivity contribution in [3.8, 4) is 0 Å². The number of alkyl halides is 2. The molecule has 0 saturated heterocycles. The predicted octanol–water partition coefficient (Wildman–Crippen LogP) is 2.73. The third-order valence-corrected chi connectivity index (χ3v) is 2.92. The molecule has 0 N–H and O–H groups in total. The minimum absolute atomic E-state index is 0.00562. The molecule has 0 unspecified atom stereocenters. The molecule has 0 aromatic heterocycles. The van der Waals surface area contributed by atoms with Crippen molar-refractivity contribution in [2.75, 3.05) is 11.8 Å². The molecule has 1 atom stereocenters. The smallest absolute Gasteiger partial charge is 0.309 e. The zero-order valence-corrected chi connectivity index (χ0v) is 9.43. The number of ether oxygens (including phenoxy) is 1. The predicted molar refractivity (Wildman–Crippen MR) is 57.8 cm³/mol. The summed E-state index contributed by atoms with van der Waals surface area (Å²) in [6, 6.07) is 0. The second-order valence-corrected chi connectivity index (χ2v) is 3.97. The molecule has 80 valence electrons. The van der Waals surface area contributed by atoms with Gasteiger partial charge in [0.25, 0.3) is 0 Å².